The van der Waals surface area contributed by atoms with E-state index in [4.69, 9.17) is 0 Å². The van der Waals surface area contributed by atoms with E-state index in [2.05, 4.69) is 10.6 Å². The van der Waals surface area contributed by atoms with Gasteiger partial charge in [0.05, 0.1) is 0 Å². The van der Waals surface area contributed by atoms with Crippen LogP contribution in [0.15, 0.2) is 24.3 Å². The Labute approximate surface area is 125 Å². The highest BCUT2D eigenvalue weighted by Gasteiger charge is 2.15. The summed E-state index contributed by atoms with van der Waals surface area (Å²) >= 11 is 0. The number of nitrogens with one attached hydrogen (secondary N) is 2. The fourth-order valence-electron chi connectivity index (χ4n) is 2.46. The molecule has 5 heteroatoms. The van der Waals surface area contributed by atoms with Crippen LogP contribution in [-0.4, -0.2) is 50.4 Å². The maximum atomic E-state index is 12.1. The molecule has 1 atom stereocenters. The minimum absolute atomic E-state index is 0.0600. The predicted octanol–water partition coefficient (Wildman–Crippen LogP) is 1.12. The second kappa shape index (κ2) is 7.22. The molecule has 0 radical (unpaired) electrons. The summed E-state index contributed by atoms with van der Waals surface area (Å²) in [6, 6.07) is 6.79. The molecule has 1 fully saturated rings. The summed E-state index contributed by atoms with van der Waals surface area (Å²) in [7, 11) is 3.42. The van der Waals surface area contributed by atoms with Crippen LogP contribution in [0.5, 0.6) is 0 Å². The number of carbonyl (C=O) groups excluding carboxylic acids is 2. The van der Waals surface area contributed by atoms with Crippen molar-refractivity contribution in [1.29, 1.82) is 0 Å². The fourth-order valence-corrected chi connectivity index (χ4v) is 2.46. The molecule has 114 valence electrons. The van der Waals surface area contributed by atoms with Crippen molar-refractivity contribution in [2.24, 2.45) is 5.92 Å². The van der Waals surface area contributed by atoms with Crippen LogP contribution in [0.2, 0.25) is 0 Å². The molecule has 1 aliphatic heterocycles. The van der Waals surface area contributed by atoms with Crippen molar-refractivity contribution in [3.05, 3.63) is 35.4 Å². The van der Waals surface area contributed by atoms with Crippen molar-refractivity contribution < 1.29 is 9.59 Å². The standard InChI is InChI=1S/C16H23N3O2/c1-19(2)16(21)14-7-5-13(6-8-14)15(20)18-11-12-4-3-9-17-10-12/h5-8,12,17H,3-4,9-11H2,1-2H3,(H,18,20). The van der Waals surface area contributed by atoms with E-state index in [9.17, 15) is 9.59 Å². The lowest BCUT2D eigenvalue weighted by Gasteiger charge is -2.22. The molecule has 5 nitrogen and oxygen atoms in total. The summed E-state index contributed by atoms with van der Waals surface area (Å²) in [5.74, 6) is 0.372. The van der Waals surface area contributed by atoms with Gasteiger partial charge in [0.1, 0.15) is 0 Å². The van der Waals surface area contributed by atoms with E-state index in [1.54, 1.807) is 38.4 Å². The van der Waals surface area contributed by atoms with Gasteiger partial charge < -0.3 is 15.5 Å². The number of amides is 2. The van der Waals surface area contributed by atoms with Gasteiger partial charge in [-0.05, 0) is 56.1 Å². The highest BCUT2D eigenvalue weighted by atomic mass is 16.2. The van der Waals surface area contributed by atoms with Crippen molar-refractivity contribution in [2.45, 2.75) is 12.8 Å². The van der Waals surface area contributed by atoms with E-state index in [0.717, 1.165) is 19.5 Å². The van der Waals surface area contributed by atoms with Gasteiger partial charge in [0.25, 0.3) is 11.8 Å². The quantitative estimate of drug-likeness (QED) is 0.873. The van der Waals surface area contributed by atoms with Gasteiger partial charge in [0.15, 0.2) is 0 Å². The van der Waals surface area contributed by atoms with Crippen molar-refractivity contribution in [3.8, 4) is 0 Å². The third-order valence-corrected chi connectivity index (χ3v) is 3.75. The maximum absolute atomic E-state index is 12.1. The summed E-state index contributed by atoms with van der Waals surface area (Å²) < 4.78 is 0. The molecule has 0 spiro atoms. The normalized spacial score (nSPS) is 18.1. The molecule has 2 N–H and O–H groups in total. The summed E-state index contributed by atoms with van der Waals surface area (Å²) in [4.78, 5) is 25.4. The minimum atomic E-state index is -0.0792. The second-order valence-corrected chi connectivity index (χ2v) is 5.70. The minimum Gasteiger partial charge on any atom is -0.352 e. The first-order valence-corrected chi connectivity index (χ1v) is 7.38. The molecule has 2 rings (SSSR count). The van der Waals surface area contributed by atoms with E-state index in [1.807, 2.05) is 0 Å². The SMILES string of the molecule is CN(C)C(=O)c1ccc(C(=O)NCC2CCCNC2)cc1. The van der Waals surface area contributed by atoms with Crippen LogP contribution in [0.3, 0.4) is 0 Å². The second-order valence-electron chi connectivity index (χ2n) is 5.70. The summed E-state index contributed by atoms with van der Waals surface area (Å²) in [6.07, 6.45) is 2.32. The zero-order valence-corrected chi connectivity index (χ0v) is 12.7. The van der Waals surface area contributed by atoms with Crippen molar-refractivity contribution in [1.82, 2.24) is 15.5 Å². The molecule has 2 amide bonds. The first kappa shape index (κ1) is 15.5. The Bertz CT molecular complexity index is 491. The van der Waals surface area contributed by atoms with E-state index in [-0.39, 0.29) is 11.8 Å². The topological polar surface area (TPSA) is 61.4 Å². The van der Waals surface area contributed by atoms with E-state index in [0.29, 0.717) is 23.6 Å². The molecule has 0 saturated carbocycles. The Morgan fingerprint density at radius 1 is 1.24 bits per heavy atom. The zero-order chi connectivity index (χ0) is 15.2. The van der Waals surface area contributed by atoms with Gasteiger partial charge >= 0.3 is 0 Å². The van der Waals surface area contributed by atoms with Gasteiger partial charge in [-0.3, -0.25) is 9.59 Å². The van der Waals surface area contributed by atoms with Crippen LogP contribution in [0, 0.1) is 5.92 Å². The number of nitrogens with zero attached hydrogens (tertiary/aromatic N) is 1. The number of hydrogen-bond donors (Lipinski definition) is 2. The lowest BCUT2D eigenvalue weighted by atomic mass is 9.99. The number of hydrogen-bond acceptors (Lipinski definition) is 3. The highest BCUT2D eigenvalue weighted by Crippen LogP contribution is 2.10. The lowest BCUT2D eigenvalue weighted by molar-refractivity contribution is 0.0826. The van der Waals surface area contributed by atoms with Crippen LogP contribution in [-0.2, 0) is 0 Å². The number of benzene rings is 1. The molecule has 1 aromatic carbocycles. The largest absolute Gasteiger partial charge is 0.352 e. The Balaban J connectivity index is 1.89. The van der Waals surface area contributed by atoms with E-state index >= 15 is 0 Å². The smallest absolute Gasteiger partial charge is 0.253 e. The highest BCUT2D eigenvalue weighted by molar-refractivity contribution is 5.97. The molecular formula is C16H23N3O2. The molecule has 1 aromatic rings. The summed E-state index contributed by atoms with van der Waals surface area (Å²) in [5.41, 5.74) is 1.18. The molecule has 0 aromatic heterocycles. The Morgan fingerprint density at radius 2 is 1.90 bits per heavy atom. The lowest BCUT2D eigenvalue weighted by Crippen LogP contribution is -2.38. The molecule has 1 saturated heterocycles. The van der Waals surface area contributed by atoms with Crippen molar-refractivity contribution >= 4 is 11.8 Å². The van der Waals surface area contributed by atoms with Gasteiger partial charge in [0.2, 0.25) is 0 Å². The van der Waals surface area contributed by atoms with Gasteiger partial charge in [-0.2, -0.15) is 0 Å². The molecule has 0 bridgehead atoms. The third kappa shape index (κ3) is 4.29. The number of rotatable bonds is 4. The first-order chi connectivity index (χ1) is 10.1. The Kier molecular flexibility index (Phi) is 5.33. The molecule has 1 heterocycles. The number of piperidine rings is 1. The molecule has 1 unspecified atom stereocenters. The van der Waals surface area contributed by atoms with Gasteiger partial charge in [0, 0.05) is 31.8 Å². The van der Waals surface area contributed by atoms with Gasteiger partial charge in [-0.25, -0.2) is 0 Å². The van der Waals surface area contributed by atoms with Gasteiger partial charge in [-0.1, -0.05) is 0 Å². The molecule has 21 heavy (non-hydrogen) atoms. The van der Waals surface area contributed by atoms with Crippen LogP contribution >= 0.6 is 0 Å². The van der Waals surface area contributed by atoms with Crippen LogP contribution in [0.1, 0.15) is 33.6 Å². The van der Waals surface area contributed by atoms with Crippen molar-refractivity contribution in [2.75, 3.05) is 33.7 Å². The average molecular weight is 289 g/mol. The monoisotopic (exact) mass is 289 g/mol. The average Bonchev–Trinajstić information content (AvgIpc) is 2.53. The van der Waals surface area contributed by atoms with Crippen LogP contribution in [0.4, 0.5) is 0 Å². The predicted molar refractivity (Wildman–Crippen MR) is 82.4 cm³/mol. The van der Waals surface area contributed by atoms with Crippen molar-refractivity contribution in [3.63, 3.8) is 0 Å². The van der Waals surface area contributed by atoms with Gasteiger partial charge in [-0.15, -0.1) is 0 Å². The maximum Gasteiger partial charge on any atom is 0.253 e. The fraction of sp³-hybridized carbons (Fsp3) is 0.500. The summed E-state index contributed by atoms with van der Waals surface area (Å²) in [6.45, 7) is 2.74. The Morgan fingerprint density at radius 3 is 2.48 bits per heavy atom. The van der Waals surface area contributed by atoms with E-state index < -0.39 is 0 Å². The molecule has 1 aliphatic rings. The first-order valence-electron chi connectivity index (χ1n) is 7.38. The molecular weight excluding hydrogens is 266 g/mol. The van der Waals surface area contributed by atoms with Crippen LogP contribution < -0.4 is 10.6 Å². The Hall–Kier alpha value is -1.88. The zero-order valence-electron chi connectivity index (χ0n) is 12.7. The van der Waals surface area contributed by atoms with Crippen LogP contribution in [0.25, 0.3) is 0 Å². The summed E-state index contributed by atoms with van der Waals surface area (Å²) in [5, 5.41) is 6.30. The third-order valence-electron chi connectivity index (χ3n) is 3.75. The van der Waals surface area contributed by atoms with E-state index in [1.165, 1.54) is 11.3 Å². The number of carbonyl (C=O) groups is 2. The molecule has 0 aliphatic carbocycles.